The average molecular weight is 499 g/mol. The molecule has 0 aromatic carbocycles. The van der Waals surface area contributed by atoms with Crippen LogP contribution in [0.2, 0.25) is 0 Å². The maximum atomic E-state index is 13.0. The highest BCUT2D eigenvalue weighted by atomic mass is 16.2. The highest BCUT2D eigenvalue weighted by molar-refractivity contribution is 6.05. The van der Waals surface area contributed by atoms with E-state index in [1.807, 2.05) is 19.1 Å². The van der Waals surface area contributed by atoms with Gasteiger partial charge in [0.05, 0.1) is 11.3 Å². The van der Waals surface area contributed by atoms with Crippen molar-refractivity contribution in [1.82, 2.24) is 25.2 Å². The lowest BCUT2D eigenvalue weighted by Gasteiger charge is -2.33. The van der Waals surface area contributed by atoms with Gasteiger partial charge in [-0.3, -0.25) is 19.6 Å². The number of pyridine rings is 3. The number of nitrogens with zero attached hydrogens (tertiary/aromatic N) is 6. The largest absolute Gasteiger partial charge is 0.355 e. The van der Waals surface area contributed by atoms with E-state index in [9.17, 15) is 9.59 Å². The van der Waals surface area contributed by atoms with Crippen LogP contribution in [0.5, 0.6) is 0 Å². The smallest absolute Gasteiger partial charge is 0.257 e. The first kappa shape index (κ1) is 25.6. The van der Waals surface area contributed by atoms with E-state index < -0.39 is 0 Å². The molecule has 0 spiro atoms. The Bertz CT molecular complexity index is 1390. The number of piperazine rings is 1. The Morgan fingerprint density at radius 1 is 1.05 bits per heavy atom. The fraction of sp³-hybridized carbons (Fsp3) is 0.259. The molecule has 2 N–H and O–H groups in total. The molecule has 1 saturated heterocycles. The summed E-state index contributed by atoms with van der Waals surface area (Å²) in [4.78, 5) is 46.6. The molecule has 190 valence electrons. The summed E-state index contributed by atoms with van der Waals surface area (Å²) in [5.74, 6) is 0.693. The number of hydrogen-bond acceptors (Lipinski definition) is 8. The molecule has 3 aromatic rings. The number of likely N-dealkylation sites (N-methyl/N-ethyl adjacent to an activating group) is 2. The molecule has 10 heteroatoms. The van der Waals surface area contributed by atoms with Gasteiger partial charge in [0, 0.05) is 69.0 Å². The van der Waals surface area contributed by atoms with Gasteiger partial charge in [0.2, 0.25) is 0 Å². The Balaban J connectivity index is 1.54. The summed E-state index contributed by atoms with van der Waals surface area (Å²) < 4.78 is 0. The summed E-state index contributed by atoms with van der Waals surface area (Å²) in [6.07, 6.45) is 8.14. The van der Waals surface area contributed by atoms with E-state index in [0.717, 1.165) is 48.3 Å². The average Bonchev–Trinajstić information content (AvgIpc) is 2.92. The van der Waals surface area contributed by atoms with E-state index in [1.54, 1.807) is 43.8 Å². The van der Waals surface area contributed by atoms with Crippen molar-refractivity contribution in [3.8, 4) is 0 Å². The van der Waals surface area contributed by atoms with Crippen molar-refractivity contribution in [1.29, 1.82) is 0 Å². The first-order valence-electron chi connectivity index (χ1n) is 11.9. The number of aliphatic imine (C=N–C) groups is 1. The lowest BCUT2D eigenvalue weighted by Crippen LogP contribution is -2.44. The molecule has 2 amide bonds. The fourth-order valence-corrected chi connectivity index (χ4v) is 3.99. The summed E-state index contributed by atoms with van der Waals surface area (Å²) in [6, 6.07) is 7.20. The number of rotatable bonds is 7. The second-order valence-electron chi connectivity index (χ2n) is 8.81. The number of anilines is 2. The molecular formula is C27H30N8O2. The topological polar surface area (TPSA) is 116 Å². The minimum absolute atomic E-state index is 0.257. The van der Waals surface area contributed by atoms with Gasteiger partial charge in [-0.2, -0.15) is 0 Å². The van der Waals surface area contributed by atoms with Crippen LogP contribution in [0.1, 0.15) is 23.0 Å². The van der Waals surface area contributed by atoms with Crippen molar-refractivity contribution in [2.24, 2.45) is 4.99 Å². The Kier molecular flexibility index (Phi) is 7.99. The van der Waals surface area contributed by atoms with Crippen molar-refractivity contribution in [3.63, 3.8) is 0 Å². The van der Waals surface area contributed by atoms with Crippen LogP contribution in [-0.2, 0) is 4.79 Å². The molecule has 0 radical (unpaired) electrons. The number of aromatic nitrogens is 3. The van der Waals surface area contributed by atoms with Crippen LogP contribution < -0.4 is 15.5 Å². The van der Waals surface area contributed by atoms with Crippen molar-refractivity contribution in [3.05, 3.63) is 72.0 Å². The summed E-state index contributed by atoms with van der Waals surface area (Å²) in [6.45, 7) is 8.94. The Labute approximate surface area is 215 Å². The first-order chi connectivity index (χ1) is 17.9. The molecule has 0 bridgehead atoms. The van der Waals surface area contributed by atoms with E-state index in [0.29, 0.717) is 22.6 Å². The Morgan fingerprint density at radius 3 is 2.54 bits per heavy atom. The van der Waals surface area contributed by atoms with Crippen LogP contribution in [-0.4, -0.2) is 78.7 Å². The van der Waals surface area contributed by atoms with Gasteiger partial charge in [0.1, 0.15) is 11.6 Å². The quantitative estimate of drug-likeness (QED) is 0.292. The minimum atomic E-state index is -0.270. The molecule has 1 aliphatic rings. The standard InChI is InChI=1S/C27H30N8O2/c1-18(11-21(15-28-2)26(36)29-3)23-12-20-13-24(32-17-22(20)16-31-23)33-27(37)19-5-6-30-25(14-19)35-9-7-34(4)8-10-35/h5-6,11-17H,2,7-10H2,1,3-4H3,(H,29,36)(H,32,33,37)/b18-11+,21-15+. The van der Waals surface area contributed by atoms with Crippen LogP contribution in [0.4, 0.5) is 11.6 Å². The molecule has 4 rings (SSSR count). The van der Waals surface area contributed by atoms with Crippen molar-refractivity contribution >= 4 is 46.5 Å². The molecule has 1 aliphatic heterocycles. The number of fused-ring (bicyclic) bond motifs is 1. The van der Waals surface area contributed by atoms with Crippen LogP contribution in [0.15, 0.2) is 65.7 Å². The second kappa shape index (κ2) is 11.5. The zero-order chi connectivity index (χ0) is 26.4. The van der Waals surface area contributed by atoms with Gasteiger partial charge in [-0.1, -0.05) is 0 Å². The van der Waals surface area contributed by atoms with Crippen molar-refractivity contribution in [2.45, 2.75) is 6.92 Å². The second-order valence-corrected chi connectivity index (χ2v) is 8.81. The predicted molar refractivity (Wildman–Crippen MR) is 147 cm³/mol. The van der Waals surface area contributed by atoms with Gasteiger partial charge >= 0.3 is 0 Å². The number of carbonyl (C=O) groups excluding carboxylic acids is 2. The van der Waals surface area contributed by atoms with E-state index in [2.05, 4.69) is 54.1 Å². The number of allylic oxidation sites excluding steroid dienone is 1. The third kappa shape index (κ3) is 6.22. The highest BCUT2D eigenvalue weighted by Crippen LogP contribution is 2.22. The number of hydrogen-bond donors (Lipinski definition) is 2. The Morgan fingerprint density at radius 2 is 1.81 bits per heavy atom. The van der Waals surface area contributed by atoms with Gasteiger partial charge in [-0.15, -0.1) is 0 Å². The lowest BCUT2D eigenvalue weighted by atomic mass is 10.1. The number of nitrogens with one attached hydrogen (secondary N) is 2. The van der Waals surface area contributed by atoms with E-state index >= 15 is 0 Å². The van der Waals surface area contributed by atoms with Crippen molar-refractivity contribution in [2.75, 3.05) is 50.5 Å². The van der Waals surface area contributed by atoms with Crippen molar-refractivity contribution < 1.29 is 9.59 Å². The van der Waals surface area contributed by atoms with Crippen LogP contribution >= 0.6 is 0 Å². The molecule has 10 nitrogen and oxygen atoms in total. The van der Waals surface area contributed by atoms with Gasteiger partial charge in [-0.25, -0.2) is 9.97 Å². The fourth-order valence-electron chi connectivity index (χ4n) is 3.99. The van der Waals surface area contributed by atoms with E-state index in [4.69, 9.17) is 0 Å². The third-order valence-corrected chi connectivity index (χ3v) is 6.18. The normalized spacial score (nSPS) is 14.9. The maximum Gasteiger partial charge on any atom is 0.257 e. The molecule has 0 saturated carbocycles. The summed E-state index contributed by atoms with van der Waals surface area (Å²) in [7, 11) is 3.65. The monoisotopic (exact) mass is 498 g/mol. The lowest BCUT2D eigenvalue weighted by molar-refractivity contribution is -0.116. The van der Waals surface area contributed by atoms with Gasteiger partial charge in [0.15, 0.2) is 0 Å². The van der Waals surface area contributed by atoms with Crippen LogP contribution in [0, 0.1) is 0 Å². The SMILES string of the molecule is C=N/C=C(\C=C(/C)c1cc2cc(NC(=O)c3ccnc(N4CCN(C)CC4)c3)ncc2cn1)C(=O)NC. The molecular weight excluding hydrogens is 468 g/mol. The maximum absolute atomic E-state index is 13.0. The molecule has 3 aromatic heterocycles. The zero-order valence-corrected chi connectivity index (χ0v) is 21.2. The minimum Gasteiger partial charge on any atom is -0.355 e. The van der Waals surface area contributed by atoms with E-state index in [-0.39, 0.29) is 11.8 Å². The highest BCUT2D eigenvalue weighted by Gasteiger charge is 2.17. The van der Waals surface area contributed by atoms with E-state index in [1.165, 1.54) is 6.20 Å². The zero-order valence-electron chi connectivity index (χ0n) is 21.2. The third-order valence-electron chi connectivity index (χ3n) is 6.18. The van der Waals surface area contributed by atoms with Gasteiger partial charge in [-0.05, 0) is 62.0 Å². The summed E-state index contributed by atoms with van der Waals surface area (Å²) in [5, 5.41) is 7.14. The van der Waals surface area contributed by atoms with Crippen LogP contribution in [0.25, 0.3) is 16.3 Å². The first-order valence-corrected chi connectivity index (χ1v) is 11.9. The van der Waals surface area contributed by atoms with Gasteiger partial charge < -0.3 is 20.4 Å². The molecule has 0 atom stereocenters. The number of carbonyl (C=O) groups is 2. The number of amides is 2. The molecule has 4 heterocycles. The van der Waals surface area contributed by atoms with Gasteiger partial charge in [0.25, 0.3) is 11.8 Å². The summed E-state index contributed by atoms with van der Waals surface area (Å²) in [5.41, 5.74) is 2.34. The molecule has 37 heavy (non-hydrogen) atoms. The Hall–Kier alpha value is -4.44. The summed E-state index contributed by atoms with van der Waals surface area (Å²) >= 11 is 0. The molecule has 1 fully saturated rings. The molecule has 0 aliphatic carbocycles. The van der Waals surface area contributed by atoms with Crippen LogP contribution in [0.3, 0.4) is 0 Å². The predicted octanol–water partition coefficient (Wildman–Crippen LogP) is 2.76. The molecule has 0 unspecified atom stereocenters.